The zero-order valence-corrected chi connectivity index (χ0v) is 19.2. The summed E-state index contributed by atoms with van der Waals surface area (Å²) in [5.41, 5.74) is 3.76. The Morgan fingerprint density at radius 3 is 2.33 bits per heavy atom. The first-order valence-corrected chi connectivity index (χ1v) is 11.8. The fourth-order valence-corrected chi connectivity index (χ4v) is 4.14. The number of para-hydroxylation sites is 2. The van der Waals surface area contributed by atoms with Crippen LogP contribution in [-0.4, -0.2) is 14.3 Å². The van der Waals surface area contributed by atoms with Crippen LogP contribution in [0.3, 0.4) is 0 Å². The predicted molar refractivity (Wildman–Crippen MR) is 127 cm³/mol. The van der Waals surface area contributed by atoms with Crippen LogP contribution >= 0.6 is 0 Å². The second kappa shape index (κ2) is 8.91. The molecule has 2 N–H and O–H groups in total. The number of benzene rings is 3. The van der Waals surface area contributed by atoms with Crippen LogP contribution in [0.4, 0.5) is 5.69 Å². The maximum absolute atomic E-state index is 13.1. The maximum Gasteiger partial charge on any atom is 0.276 e. The Kier molecular flexibility index (Phi) is 6.02. The number of aryl methyl sites for hydroxylation is 3. The van der Waals surface area contributed by atoms with Crippen molar-refractivity contribution in [2.75, 3.05) is 5.32 Å². The number of amides is 1. The molecule has 168 valence electrons. The Labute approximate surface area is 191 Å². The Balaban J connectivity index is 1.77. The van der Waals surface area contributed by atoms with Gasteiger partial charge in [-0.2, -0.15) is 13.2 Å². The fourth-order valence-electron chi connectivity index (χ4n) is 3.25. The van der Waals surface area contributed by atoms with E-state index in [2.05, 4.69) is 15.2 Å². The summed E-state index contributed by atoms with van der Waals surface area (Å²) in [6.07, 6.45) is 0. The molecule has 8 heteroatoms. The Hall–Kier alpha value is -3.91. The average Bonchev–Trinajstić information content (AvgIpc) is 2.80. The van der Waals surface area contributed by atoms with Crippen molar-refractivity contribution >= 4 is 32.6 Å². The zero-order chi connectivity index (χ0) is 23.6. The Morgan fingerprint density at radius 2 is 1.58 bits per heavy atom. The van der Waals surface area contributed by atoms with Crippen molar-refractivity contribution in [3.05, 3.63) is 101 Å². The van der Waals surface area contributed by atoms with Crippen molar-refractivity contribution in [3.8, 4) is 0 Å². The van der Waals surface area contributed by atoms with Crippen molar-refractivity contribution < 1.29 is 17.6 Å². The number of nitrogens with zero attached hydrogens (tertiary/aromatic N) is 1. The summed E-state index contributed by atoms with van der Waals surface area (Å²) in [5, 5.41) is 7.50. The standard InChI is InChI=1S/C25H23N3O4S/c1-16-12-13-20(14-18(16)3)33(30,31)28-27-25-21(15-19-9-5-7-11-23(19)32-25)24(29)26-22-10-6-4-8-17(22)2/h4-15,28H,1-3H3,(H,26,29). The minimum atomic E-state index is -3.97. The van der Waals surface area contributed by atoms with E-state index in [-0.39, 0.29) is 16.0 Å². The van der Waals surface area contributed by atoms with E-state index in [1.165, 1.54) is 6.07 Å². The van der Waals surface area contributed by atoms with Gasteiger partial charge in [0, 0.05) is 11.1 Å². The van der Waals surface area contributed by atoms with Gasteiger partial charge in [0.25, 0.3) is 15.9 Å². The molecule has 0 fully saturated rings. The maximum atomic E-state index is 13.1. The van der Waals surface area contributed by atoms with Gasteiger partial charge in [-0.25, -0.2) is 0 Å². The highest BCUT2D eigenvalue weighted by Gasteiger charge is 2.17. The number of rotatable bonds is 5. The molecule has 1 aromatic heterocycles. The van der Waals surface area contributed by atoms with Crippen molar-refractivity contribution in [1.82, 2.24) is 4.83 Å². The molecule has 0 bridgehead atoms. The lowest BCUT2D eigenvalue weighted by molar-refractivity contribution is 0.102. The van der Waals surface area contributed by atoms with Crippen LogP contribution in [0.5, 0.6) is 0 Å². The van der Waals surface area contributed by atoms with E-state index >= 15 is 0 Å². The van der Waals surface area contributed by atoms with Crippen LogP contribution in [-0.2, 0) is 10.0 Å². The van der Waals surface area contributed by atoms with Gasteiger partial charge >= 0.3 is 0 Å². The van der Waals surface area contributed by atoms with Gasteiger partial charge in [-0.05, 0) is 67.8 Å². The van der Waals surface area contributed by atoms with Gasteiger partial charge in [0.2, 0.25) is 5.55 Å². The normalized spacial score (nSPS) is 12.0. The third-order valence-corrected chi connectivity index (χ3v) is 6.56. The summed E-state index contributed by atoms with van der Waals surface area (Å²) in [6.45, 7) is 5.61. The van der Waals surface area contributed by atoms with Crippen LogP contribution < -0.4 is 15.7 Å². The molecule has 7 nitrogen and oxygen atoms in total. The lowest BCUT2D eigenvalue weighted by Crippen LogP contribution is -2.27. The van der Waals surface area contributed by atoms with Crippen LogP contribution in [0.2, 0.25) is 0 Å². The van der Waals surface area contributed by atoms with E-state index in [0.717, 1.165) is 16.7 Å². The molecule has 0 aliphatic heterocycles. The van der Waals surface area contributed by atoms with Gasteiger partial charge in [-0.1, -0.05) is 42.5 Å². The Bertz CT molecular complexity index is 1540. The first kappa shape index (κ1) is 22.3. The molecular formula is C25H23N3O4S. The van der Waals surface area contributed by atoms with E-state index in [0.29, 0.717) is 16.7 Å². The van der Waals surface area contributed by atoms with Gasteiger partial charge in [0.15, 0.2) is 0 Å². The molecule has 3 aromatic carbocycles. The molecule has 4 aromatic rings. The number of hydrogen-bond donors (Lipinski definition) is 2. The number of carbonyl (C=O) groups is 1. The van der Waals surface area contributed by atoms with E-state index in [1.807, 2.05) is 45.0 Å². The van der Waals surface area contributed by atoms with Gasteiger partial charge in [-0.15, -0.1) is 5.10 Å². The molecule has 4 rings (SSSR count). The fraction of sp³-hybridized carbons (Fsp3) is 0.120. The van der Waals surface area contributed by atoms with Gasteiger partial charge in [0.1, 0.15) is 11.1 Å². The average molecular weight is 462 g/mol. The number of sulfonamides is 1. The SMILES string of the molecule is Cc1ccc(S(=O)(=O)NN=c2oc3ccccc3cc2C(=O)Nc2ccccc2C)cc1C. The second-order valence-electron chi connectivity index (χ2n) is 7.72. The zero-order valence-electron chi connectivity index (χ0n) is 18.4. The summed E-state index contributed by atoms with van der Waals surface area (Å²) in [6, 6.07) is 20.9. The van der Waals surface area contributed by atoms with Crippen molar-refractivity contribution in [1.29, 1.82) is 0 Å². The monoisotopic (exact) mass is 461 g/mol. The highest BCUT2D eigenvalue weighted by atomic mass is 32.2. The number of carbonyl (C=O) groups excluding carboxylic acids is 1. The summed E-state index contributed by atoms with van der Waals surface area (Å²) in [7, 11) is -3.97. The molecule has 0 spiro atoms. The second-order valence-corrected chi connectivity index (χ2v) is 9.39. The molecule has 0 saturated carbocycles. The third kappa shape index (κ3) is 4.80. The first-order valence-electron chi connectivity index (χ1n) is 10.3. The molecular weight excluding hydrogens is 438 g/mol. The molecule has 0 aliphatic carbocycles. The number of fused-ring (bicyclic) bond motifs is 1. The quantitative estimate of drug-likeness (QED) is 0.430. The summed E-state index contributed by atoms with van der Waals surface area (Å²) in [4.78, 5) is 15.4. The molecule has 1 heterocycles. The van der Waals surface area contributed by atoms with Crippen LogP contribution in [0, 0.1) is 20.8 Å². The molecule has 0 unspecified atom stereocenters. The number of anilines is 1. The smallest absolute Gasteiger partial charge is 0.276 e. The van der Waals surface area contributed by atoms with Crippen LogP contribution in [0.25, 0.3) is 11.0 Å². The van der Waals surface area contributed by atoms with Crippen LogP contribution in [0.15, 0.2) is 87.2 Å². The minimum absolute atomic E-state index is 0.0704. The summed E-state index contributed by atoms with van der Waals surface area (Å²) >= 11 is 0. The molecule has 0 atom stereocenters. The number of nitrogens with one attached hydrogen (secondary N) is 2. The molecule has 0 radical (unpaired) electrons. The van der Waals surface area contributed by atoms with E-state index in [9.17, 15) is 13.2 Å². The third-order valence-electron chi connectivity index (χ3n) is 5.35. The van der Waals surface area contributed by atoms with Gasteiger partial charge in [0.05, 0.1) is 4.90 Å². The van der Waals surface area contributed by atoms with Gasteiger partial charge in [-0.3, -0.25) is 4.79 Å². The van der Waals surface area contributed by atoms with Crippen molar-refractivity contribution in [2.24, 2.45) is 5.10 Å². The first-order chi connectivity index (χ1) is 15.7. The summed E-state index contributed by atoms with van der Waals surface area (Å²) < 4.78 is 31.4. The largest absolute Gasteiger partial charge is 0.436 e. The van der Waals surface area contributed by atoms with Crippen molar-refractivity contribution in [3.63, 3.8) is 0 Å². The van der Waals surface area contributed by atoms with Gasteiger partial charge < -0.3 is 9.73 Å². The lowest BCUT2D eigenvalue weighted by Gasteiger charge is -2.09. The summed E-state index contributed by atoms with van der Waals surface area (Å²) in [5.74, 6) is -0.470. The van der Waals surface area contributed by atoms with Crippen molar-refractivity contribution in [2.45, 2.75) is 25.7 Å². The predicted octanol–water partition coefficient (Wildman–Crippen LogP) is 4.40. The molecule has 1 amide bonds. The lowest BCUT2D eigenvalue weighted by atomic mass is 10.1. The highest BCUT2D eigenvalue weighted by Crippen LogP contribution is 2.17. The van der Waals surface area contributed by atoms with E-state index in [4.69, 9.17) is 4.42 Å². The Morgan fingerprint density at radius 1 is 0.848 bits per heavy atom. The molecule has 33 heavy (non-hydrogen) atoms. The molecule has 0 saturated heterocycles. The van der Waals surface area contributed by atoms with E-state index in [1.54, 1.807) is 42.5 Å². The minimum Gasteiger partial charge on any atom is -0.436 e. The topological polar surface area (TPSA) is 101 Å². The molecule has 0 aliphatic rings. The van der Waals surface area contributed by atoms with Crippen LogP contribution in [0.1, 0.15) is 27.0 Å². The van der Waals surface area contributed by atoms with E-state index < -0.39 is 15.9 Å². The number of hydrogen-bond acceptors (Lipinski definition) is 5. The highest BCUT2D eigenvalue weighted by molar-refractivity contribution is 7.89.